The molecule has 0 saturated heterocycles. The number of anilines is 1. The fraction of sp³-hybridized carbons (Fsp3) is 0.250. The zero-order chi connectivity index (χ0) is 22.1. The number of phenolic OH excluding ortho intramolecular Hbond substituents is 1. The number of methoxy groups -OCH3 is 3. The van der Waals surface area contributed by atoms with E-state index in [2.05, 4.69) is 10.6 Å². The lowest BCUT2D eigenvalue weighted by molar-refractivity contribution is -0.146. The molecule has 0 aliphatic heterocycles. The molecule has 0 heterocycles. The maximum Gasteiger partial charge on any atom is 0.325 e. The van der Waals surface area contributed by atoms with E-state index in [1.165, 1.54) is 57.7 Å². The van der Waals surface area contributed by atoms with Crippen LogP contribution in [0.2, 0.25) is 0 Å². The molecule has 0 bridgehead atoms. The molecule has 0 aliphatic carbocycles. The van der Waals surface area contributed by atoms with E-state index in [9.17, 15) is 19.5 Å². The second-order valence-corrected chi connectivity index (χ2v) is 5.85. The second kappa shape index (κ2) is 10.6. The zero-order valence-corrected chi connectivity index (χ0v) is 16.7. The number of aromatic hydroxyl groups is 1. The molecule has 0 unspecified atom stereocenters. The quantitative estimate of drug-likeness (QED) is 0.410. The van der Waals surface area contributed by atoms with E-state index < -0.39 is 30.9 Å². The first-order valence-corrected chi connectivity index (χ1v) is 8.70. The van der Waals surface area contributed by atoms with Crippen LogP contribution < -0.4 is 24.8 Å². The number of hydrogen-bond acceptors (Lipinski definition) is 8. The molecule has 2 rings (SSSR count). The molecule has 10 nitrogen and oxygen atoms in total. The van der Waals surface area contributed by atoms with E-state index in [1.807, 2.05) is 0 Å². The SMILES string of the molecule is COc1cc(C(=O)NCC(=O)OCC(=O)Nc2ccc(O)cc2)cc(OC)c1OC. The third kappa shape index (κ3) is 6.03. The van der Waals surface area contributed by atoms with Gasteiger partial charge in [0.05, 0.1) is 21.3 Å². The number of hydrogen-bond donors (Lipinski definition) is 3. The highest BCUT2D eigenvalue weighted by molar-refractivity contribution is 5.97. The summed E-state index contributed by atoms with van der Waals surface area (Å²) in [6, 6.07) is 8.67. The second-order valence-electron chi connectivity index (χ2n) is 5.85. The predicted molar refractivity (Wildman–Crippen MR) is 106 cm³/mol. The van der Waals surface area contributed by atoms with E-state index in [-0.39, 0.29) is 22.8 Å². The molecular formula is C20H22N2O8. The zero-order valence-electron chi connectivity index (χ0n) is 16.7. The molecule has 2 amide bonds. The lowest BCUT2D eigenvalue weighted by Gasteiger charge is -2.14. The maximum atomic E-state index is 12.3. The first-order valence-electron chi connectivity index (χ1n) is 8.70. The summed E-state index contributed by atoms with van der Waals surface area (Å²) in [4.78, 5) is 35.9. The first-order chi connectivity index (χ1) is 14.4. The lowest BCUT2D eigenvalue weighted by Crippen LogP contribution is -2.32. The summed E-state index contributed by atoms with van der Waals surface area (Å²) in [6.07, 6.45) is 0. The fourth-order valence-electron chi connectivity index (χ4n) is 2.41. The summed E-state index contributed by atoms with van der Waals surface area (Å²) in [7, 11) is 4.27. The highest BCUT2D eigenvalue weighted by atomic mass is 16.5. The van der Waals surface area contributed by atoms with Gasteiger partial charge in [0.15, 0.2) is 18.1 Å². The normalized spacial score (nSPS) is 9.97. The smallest absolute Gasteiger partial charge is 0.325 e. The summed E-state index contributed by atoms with van der Waals surface area (Å²) in [5.74, 6) is -0.967. The van der Waals surface area contributed by atoms with Crippen LogP contribution in [0.5, 0.6) is 23.0 Å². The number of phenols is 1. The number of carbonyl (C=O) groups excluding carboxylic acids is 3. The minimum Gasteiger partial charge on any atom is -0.508 e. The van der Waals surface area contributed by atoms with Crippen molar-refractivity contribution in [3.05, 3.63) is 42.0 Å². The lowest BCUT2D eigenvalue weighted by atomic mass is 10.1. The molecule has 2 aromatic rings. The van der Waals surface area contributed by atoms with E-state index >= 15 is 0 Å². The Hall–Kier alpha value is -3.95. The number of esters is 1. The Labute approximate surface area is 172 Å². The van der Waals surface area contributed by atoms with Crippen LogP contribution in [0.1, 0.15) is 10.4 Å². The Kier molecular flexibility index (Phi) is 7.86. The Morgan fingerprint density at radius 3 is 2.07 bits per heavy atom. The Bertz CT molecular complexity index is 887. The van der Waals surface area contributed by atoms with Gasteiger partial charge in [-0.05, 0) is 36.4 Å². The van der Waals surface area contributed by atoms with Crippen molar-refractivity contribution < 1.29 is 38.4 Å². The highest BCUT2D eigenvalue weighted by Gasteiger charge is 2.18. The summed E-state index contributed by atoms with van der Waals surface area (Å²) in [5.41, 5.74) is 0.618. The van der Waals surface area contributed by atoms with Crippen LogP contribution in [-0.4, -0.2) is 57.4 Å². The van der Waals surface area contributed by atoms with Gasteiger partial charge in [0.2, 0.25) is 5.75 Å². The molecule has 0 radical (unpaired) electrons. The topological polar surface area (TPSA) is 132 Å². The number of carbonyl (C=O) groups is 3. The van der Waals surface area contributed by atoms with Crippen molar-refractivity contribution in [2.45, 2.75) is 0 Å². The van der Waals surface area contributed by atoms with Gasteiger partial charge in [0.1, 0.15) is 12.3 Å². The van der Waals surface area contributed by atoms with Crippen molar-refractivity contribution in [2.75, 3.05) is 39.8 Å². The largest absolute Gasteiger partial charge is 0.508 e. The summed E-state index contributed by atoms with van der Waals surface area (Å²) in [6.45, 7) is -0.970. The average molecular weight is 418 g/mol. The molecule has 0 aliphatic rings. The van der Waals surface area contributed by atoms with Gasteiger partial charge in [-0.3, -0.25) is 14.4 Å². The van der Waals surface area contributed by atoms with Gasteiger partial charge < -0.3 is 34.7 Å². The van der Waals surface area contributed by atoms with Gasteiger partial charge in [-0.1, -0.05) is 0 Å². The van der Waals surface area contributed by atoms with Crippen LogP contribution in [0.25, 0.3) is 0 Å². The van der Waals surface area contributed by atoms with Gasteiger partial charge in [-0.15, -0.1) is 0 Å². The molecule has 160 valence electrons. The van der Waals surface area contributed by atoms with Crippen molar-refractivity contribution >= 4 is 23.5 Å². The average Bonchev–Trinajstić information content (AvgIpc) is 2.76. The summed E-state index contributed by atoms with van der Waals surface area (Å²) >= 11 is 0. The number of rotatable bonds is 9. The van der Waals surface area contributed by atoms with Crippen LogP contribution in [0, 0.1) is 0 Å². The molecule has 30 heavy (non-hydrogen) atoms. The van der Waals surface area contributed by atoms with Gasteiger partial charge >= 0.3 is 5.97 Å². The third-order valence-electron chi connectivity index (χ3n) is 3.84. The van der Waals surface area contributed by atoms with Gasteiger partial charge in [-0.2, -0.15) is 0 Å². The Morgan fingerprint density at radius 2 is 1.53 bits per heavy atom. The van der Waals surface area contributed by atoms with E-state index in [1.54, 1.807) is 0 Å². The van der Waals surface area contributed by atoms with Crippen molar-refractivity contribution in [3.8, 4) is 23.0 Å². The molecular weight excluding hydrogens is 396 g/mol. The minimum absolute atomic E-state index is 0.0577. The molecule has 0 fully saturated rings. The molecule has 0 atom stereocenters. The van der Waals surface area contributed by atoms with Crippen LogP contribution >= 0.6 is 0 Å². The number of benzene rings is 2. The van der Waals surface area contributed by atoms with Gasteiger partial charge in [0, 0.05) is 11.3 Å². The molecule has 0 spiro atoms. The fourth-order valence-corrected chi connectivity index (χ4v) is 2.41. The molecule has 3 N–H and O–H groups in total. The summed E-state index contributed by atoms with van der Waals surface area (Å²) < 4.78 is 20.4. The number of amides is 2. The molecule has 10 heteroatoms. The molecule has 0 saturated carbocycles. The van der Waals surface area contributed by atoms with Gasteiger partial charge in [0.25, 0.3) is 11.8 Å². The standard InChI is InChI=1S/C20H22N2O8/c1-27-15-8-12(9-16(28-2)19(15)29-3)20(26)21-10-18(25)30-11-17(24)22-13-4-6-14(23)7-5-13/h4-9,23H,10-11H2,1-3H3,(H,21,26)(H,22,24). The Morgan fingerprint density at radius 1 is 0.933 bits per heavy atom. The van der Waals surface area contributed by atoms with Crippen LogP contribution in [0.3, 0.4) is 0 Å². The van der Waals surface area contributed by atoms with Crippen molar-refractivity contribution in [2.24, 2.45) is 0 Å². The predicted octanol–water partition coefficient (Wildman–Crippen LogP) is 1.33. The van der Waals surface area contributed by atoms with Crippen LogP contribution in [0.15, 0.2) is 36.4 Å². The van der Waals surface area contributed by atoms with E-state index in [0.29, 0.717) is 11.4 Å². The molecule has 0 aromatic heterocycles. The van der Waals surface area contributed by atoms with Crippen molar-refractivity contribution in [1.29, 1.82) is 0 Å². The summed E-state index contributed by atoms with van der Waals surface area (Å²) in [5, 5.41) is 14.1. The Balaban J connectivity index is 1.86. The molecule has 2 aromatic carbocycles. The maximum absolute atomic E-state index is 12.3. The van der Waals surface area contributed by atoms with Crippen LogP contribution in [-0.2, 0) is 14.3 Å². The number of nitrogens with one attached hydrogen (secondary N) is 2. The van der Waals surface area contributed by atoms with E-state index in [0.717, 1.165) is 0 Å². The third-order valence-corrected chi connectivity index (χ3v) is 3.84. The monoisotopic (exact) mass is 418 g/mol. The number of ether oxygens (including phenoxy) is 4. The highest BCUT2D eigenvalue weighted by Crippen LogP contribution is 2.38. The van der Waals surface area contributed by atoms with Crippen LogP contribution in [0.4, 0.5) is 5.69 Å². The van der Waals surface area contributed by atoms with E-state index in [4.69, 9.17) is 18.9 Å². The first kappa shape index (κ1) is 22.3. The van der Waals surface area contributed by atoms with Crippen molar-refractivity contribution in [1.82, 2.24) is 5.32 Å². The van der Waals surface area contributed by atoms with Gasteiger partial charge in [-0.25, -0.2) is 0 Å². The minimum atomic E-state index is -0.795. The van der Waals surface area contributed by atoms with Crippen molar-refractivity contribution in [3.63, 3.8) is 0 Å².